The highest BCUT2D eigenvalue weighted by Crippen LogP contribution is 2.23. The van der Waals surface area contributed by atoms with Gasteiger partial charge in [0.15, 0.2) is 0 Å². The van der Waals surface area contributed by atoms with Crippen molar-refractivity contribution in [1.82, 2.24) is 19.7 Å². The lowest BCUT2D eigenvalue weighted by molar-refractivity contribution is 0.00844. The summed E-state index contributed by atoms with van der Waals surface area (Å²) in [7, 11) is 0. The number of aromatic nitrogens is 1. The Morgan fingerprint density at radius 3 is 2.12 bits per heavy atom. The highest BCUT2D eigenvalue weighted by atomic mass is 32.1. The van der Waals surface area contributed by atoms with Crippen LogP contribution in [0.1, 0.15) is 25.9 Å². The van der Waals surface area contributed by atoms with Gasteiger partial charge < -0.3 is 9.80 Å². The van der Waals surface area contributed by atoms with Crippen molar-refractivity contribution < 1.29 is 9.59 Å². The van der Waals surface area contributed by atoms with Crippen LogP contribution in [-0.4, -0.2) is 76.8 Å². The SMILES string of the molecule is Cc1nc(C(=O)N2CCN(C3CN(C(=O)c4ccc(-c5ccccc5)cc4)C3)CC2)cs1. The second-order valence-corrected chi connectivity index (χ2v) is 9.45. The van der Waals surface area contributed by atoms with Crippen LogP contribution < -0.4 is 0 Å². The first kappa shape index (κ1) is 20.8. The molecule has 0 bridgehead atoms. The lowest BCUT2D eigenvalue weighted by Gasteiger charge is -2.48. The summed E-state index contributed by atoms with van der Waals surface area (Å²) in [5.74, 6) is 0.118. The van der Waals surface area contributed by atoms with E-state index in [0.29, 0.717) is 24.8 Å². The van der Waals surface area contributed by atoms with Gasteiger partial charge in [0, 0.05) is 56.3 Å². The number of amides is 2. The quantitative estimate of drug-likeness (QED) is 0.616. The van der Waals surface area contributed by atoms with Crippen molar-refractivity contribution in [1.29, 1.82) is 0 Å². The van der Waals surface area contributed by atoms with Gasteiger partial charge in [0.1, 0.15) is 5.69 Å². The molecule has 0 radical (unpaired) electrons. The second-order valence-electron chi connectivity index (χ2n) is 8.39. The van der Waals surface area contributed by atoms with E-state index in [2.05, 4.69) is 22.0 Å². The molecule has 0 atom stereocenters. The summed E-state index contributed by atoms with van der Waals surface area (Å²) in [5, 5.41) is 2.76. The van der Waals surface area contributed by atoms with Crippen molar-refractivity contribution in [2.75, 3.05) is 39.3 Å². The molecule has 2 aliphatic rings. The Morgan fingerprint density at radius 1 is 0.844 bits per heavy atom. The Hall–Kier alpha value is -3.03. The van der Waals surface area contributed by atoms with Gasteiger partial charge in [-0.2, -0.15) is 0 Å². The van der Waals surface area contributed by atoms with E-state index in [4.69, 9.17) is 0 Å². The zero-order chi connectivity index (χ0) is 22.1. The number of benzene rings is 2. The average molecular weight is 447 g/mol. The number of carbonyl (C=O) groups excluding carboxylic acids is 2. The van der Waals surface area contributed by atoms with E-state index in [0.717, 1.165) is 47.9 Å². The number of rotatable bonds is 4. The first-order valence-corrected chi connectivity index (χ1v) is 11.9. The fourth-order valence-corrected chi connectivity index (χ4v) is 4.97. The number of likely N-dealkylation sites (tertiary alicyclic amines) is 1. The number of nitrogens with zero attached hydrogens (tertiary/aromatic N) is 4. The van der Waals surface area contributed by atoms with Crippen LogP contribution in [0.3, 0.4) is 0 Å². The zero-order valence-electron chi connectivity index (χ0n) is 18.1. The summed E-state index contributed by atoms with van der Waals surface area (Å²) in [5.41, 5.74) is 3.55. The number of piperazine rings is 1. The van der Waals surface area contributed by atoms with Gasteiger partial charge in [0.2, 0.25) is 0 Å². The van der Waals surface area contributed by atoms with Gasteiger partial charge in [-0.05, 0) is 30.2 Å². The third-order valence-corrected chi connectivity index (χ3v) is 7.12. The van der Waals surface area contributed by atoms with Crippen LogP contribution in [0.5, 0.6) is 0 Å². The third kappa shape index (κ3) is 4.18. The number of hydrogen-bond donors (Lipinski definition) is 0. The molecule has 2 amide bonds. The van der Waals surface area contributed by atoms with E-state index in [-0.39, 0.29) is 11.8 Å². The largest absolute Gasteiger partial charge is 0.335 e. The van der Waals surface area contributed by atoms with Gasteiger partial charge in [0.25, 0.3) is 11.8 Å². The van der Waals surface area contributed by atoms with Crippen LogP contribution in [0.2, 0.25) is 0 Å². The Balaban J connectivity index is 1.11. The van der Waals surface area contributed by atoms with E-state index in [1.807, 2.05) is 64.6 Å². The van der Waals surface area contributed by atoms with Crippen LogP contribution >= 0.6 is 11.3 Å². The van der Waals surface area contributed by atoms with Crippen LogP contribution in [-0.2, 0) is 0 Å². The molecule has 5 rings (SSSR count). The normalized spacial score (nSPS) is 17.3. The van der Waals surface area contributed by atoms with Gasteiger partial charge in [0.05, 0.1) is 5.01 Å². The summed E-state index contributed by atoms with van der Waals surface area (Å²) in [6.45, 7) is 6.51. The molecule has 32 heavy (non-hydrogen) atoms. The smallest absolute Gasteiger partial charge is 0.273 e. The fourth-order valence-electron chi connectivity index (χ4n) is 4.38. The summed E-state index contributed by atoms with van der Waals surface area (Å²) in [6.07, 6.45) is 0. The van der Waals surface area contributed by atoms with Crippen molar-refractivity contribution in [2.24, 2.45) is 0 Å². The molecule has 2 aliphatic heterocycles. The molecule has 0 unspecified atom stereocenters. The lowest BCUT2D eigenvalue weighted by atomic mass is 10.0. The molecule has 1 aromatic heterocycles. The minimum Gasteiger partial charge on any atom is -0.335 e. The minimum atomic E-state index is 0.0263. The number of carbonyl (C=O) groups is 2. The monoisotopic (exact) mass is 446 g/mol. The molecule has 6 nitrogen and oxygen atoms in total. The fraction of sp³-hybridized carbons (Fsp3) is 0.320. The molecular weight excluding hydrogens is 420 g/mol. The molecular formula is C25H26N4O2S. The highest BCUT2D eigenvalue weighted by molar-refractivity contribution is 7.09. The molecule has 2 aromatic carbocycles. The van der Waals surface area contributed by atoms with Gasteiger partial charge in [-0.25, -0.2) is 4.98 Å². The minimum absolute atomic E-state index is 0.0263. The Morgan fingerprint density at radius 2 is 1.50 bits per heavy atom. The molecule has 0 spiro atoms. The number of thiazole rings is 1. The summed E-state index contributed by atoms with van der Waals surface area (Å²) >= 11 is 1.51. The average Bonchev–Trinajstić information content (AvgIpc) is 3.25. The molecule has 164 valence electrons. The molecule has 2 fully saturated rings. The predicted octanol–water partition coefficient (Wildman–Crippen LogP) is 3.40. The molecule has 0 aliphatic carbocycles. The Bertz CT molecular complexity index is 1100. The van der Waals surface area contributed by atoms with E-state index in [1.54, 1.807) is 0 Å². The second kappa shape index (κ2) is 8.84. The first-order chi connectivity index (χ1) is 15.6. The first-order valence-electron chi connectivity index (χ1n) is 11.0. The van der Waals surface area contributed by atoms with Crippen molar-refractivity contribution >= 4 is 23.2 Å². The van der Waals surface area contributed by atoms with Crippen LogP contribution in [0, 0.1) is 6.92 Å². The maximum atomic E-state index is 12.9. The van der Waals surface area contributed by atoms with Gasteiger partial charge in [-0.15, -0.1) is 11.3 Å². The van der Waals surface area contributed by atoms with Gasteiger partial charge in [-0.3, -0.25) is 14.5 Å². The molecule has 3 heterocycles. The van der Waals surface area contributed by atoms with Crippen molar-refractivity contribution in [2.45, 2.75) is 13.0 Å². The molecule has 0 saturated carbocycles. The van der Waals surface area contributed by atoms with E-state index < -0.39 is 0 Å². The predicted molar refractivity (Wildman–Crippen MR) is 126 cm³/mol. The van der Waals surface area contributed by atoms with E-state index >= 15 is 0 Å². The van der Waals surface area contributed by atoms with Gasteiger partial charge in [-0.1, -0.05) is 42.5 Å². The topological polar surface area (TPSA) is 56.8 Å². The van der Waals surface area contributed by atoms with Crippen molar-refractivity contribution in [3.05, 3.63) is 76.2 Å². The summed E-state index contributed by atoms with van der Waals surface area (Å²) in [4.78, 5) is 36.0. The number of hydrogen-bond acceptors (Lipinski definition) is 5. The van der Waals surface area contributed by atoms with E-state index in [9.17, 15) is 9.59 Å². The van der Waals surface area contributed by atoms with Crippen molar-refractivity contribution in [3.8, 4) is 11.1 Å². The Labute approximate surface area is 192 Å². The maximum Gasteiger partial charge on any atom is 0.273 e. The molecule has 7 heteroatoms. The maximum absolute atomic E-state index is 12.9. The van der Waals surface area contributed by atoms with E-state index in [1.165, 1.54) is 11.3 Å². The van der Waals surface area contributed by atoms with Crippen LogP contribution in [0.15, 0.2) is 60.0 Å². The molecule has 3 aromatic rings. The van der Waals surface area contributed by atoms with Crippen LogP contribution in [0.4, 0.5) is 0 Å². The molecule has 2 saturated heterocycles. The summed E-state index contributed by atoms with van der Waals surface area (Å²) in [6, 6.07) is 18.4. The lowest BCUT2D eigenvalue weighted by Crippen LogP contribution is -2.64. The van der Waals surface area contributed by atoms with Crippen LogP contribution in [0.25, 0.3) is 11.1 Å². The zero-order valence-corrected chi connectivity index (χ0v) is 18.9. The summed E-state index contributed by atoms with van der Waals surface area (Å²) < 4.78 is 0. The Kier molecular flexibility index (Phi) is 5.76. The van der Waals surface area contributed by atoms with Crippen molar-refractivity contribution in [3.63, 3.8) is 0 Å². The number of aryl methyl sites for hydroxylation is 1. The highest BCUT2D eigenvalue weighted by Gasteiger charge is 2.37. The van der Waals surface area contributed by atoms with Gasteiger partial charge >= 0.3 is 0 Å². The molecule has 0 N–H and O–H groups in total. The third-order valence-electron chi connectivity index (χ3n) is 6.34. The standard InChI is InChI=1S/C25H26N4O2S/c1-18-26-23(17-32-18)25(31)28-13-11-27(12-14-28)22-15-29(16-22)24(30)21-9-7-20(8-10-21)19-5-3-2-4-6-19/h2-10,17,22H,11-16H2,1H3.